The number of likely N-dealkylation sites (N-methyl/N-ethyl adjacent to an activating group) is 1. The molecule has 0 saturated carbocycles. The van der Waals surface area contributed by atoms with Gasteiger partial charge >= 0.3 is 5.97 Å². The highest BCUT2D eigenvalue weighted by molar-refractivity contribution is 7.20. The first-order chi connectivity index (χ1) is 16.7. The van der Waals surface area contributed by atoms with Crippen molar-refractivity contribution in [2.75, 3.05) is 30.8 Å². The molecule has 7 nitrogen and oxygen atoms in total. The second-order valence-electron chi connectivity index (χ2n) is 8.49. The Morgan fingerprint density at radius 2 is 1.66 bits per heavy atom. The van der Waals surface area contributed by atoms with Crippen molar-refractivity contribution < 1.29 is 24.0 Å². The van der Waals surface area contributed by atoms with Crippen molar-refractivity contribution in [3.63, 3.8) is 0 Å². The molecule has 35 heavy (non-hydrogen) atoms. The van der Waals surface area contributed by atoms with E-state index in [1.165, 1.54) is 11.3 Å². The van der Waals surface area contributed by atoms with Gasteiger partial charge in [-0.1, -0.05) is 48.5 Å². The van der Waals surface area contributed by atoms with E-state index in [4.69, 9.17) is 4.74 Å². The van der Waals surface area contributed by atoms with Gasteiger partial charge < -0.3 is 20.3 Å². The molecule has 3 aromatic rings. The first-order valence-electron chi connectivity index (χ1n) is 11.6. The molecule has 0 aliphatic carbocycles. The van der Waals surface area contributed by atoms with Crippen LogP contribution in [0.15, 0.2) is 54.6 Å². The van der Waals surface area contributed by atoms with Crippen molar-refractivity contribution in [3.05, 3.63) is 71.3 Å². The van der Waals surface area contributed by atoms with Gasteiger partial charge in [0.15, 0.2) is 12.6 Å². The lowest BCUT2D eigenvalue weighted by atomic mass is 10.1. The third-order valence-corrected chi connectivity index (χ3v) is 6.94. The first-order valence-corrected chi connectivity index (χ1v) is 12.4. The number of hydrogen-bond acceptors (Lipinski definition) is 5. The Morgan fingerprint density at radius 3 is 2.29 bits per heavy atom. The third kappa shape index (κ3) is 6.55. The number of hydrogen-bond donors (Lipinski definition) is 3. The van der Waals surface area contributed by atoms with Crippen LogP contribution in [0.4, 0.5) is 10.7 Å². The van der Waals surface area contributed by atoms with Crippen LogP contribution in [0.1, 0.15) is 35.3 Å². The monoisotopic (exact) mass is 494 g/mol. The minimum atomic E-state index is -0.531. The standard InChI is InChI=1S/C27H31N3O4S/c1-6-34-27(33)21-15-22(20-13-8-7-9-14-20)35-26(21)29-25(32)19(4)30(5)16-23(31)28-24-17(2)11-10-12-18(24)3/h7-15,19H,6,16H2,1-5H3,(H,28,31)(H,29,32)/p+1/t19-/m0/s1. The van der Waals surface area contributed by atoms with E-state index in [0.29, 0.717) is 10.6 Å². The van der Waals surface area contributed by atoms with E-state index in [0.717, 1.165) is 32.2 Å². The van der Waals surface area contributed by atoms with Gasteiger partial charge in [-0.3, -0.25) is 9.59 Å². The number of carbonyl (C=O) groups excluding carboxylic acids is 3. The van der Waals surface area contributed by atoms with E-state index >= 15 is 0 Å². The molecule has 0 fully saturated rings. The lowest BCUT2D eigenvalue weighted by molar-refractivity contribution is -0.885. The Morgan fingerprint density at radius 1 is 1.00 bits per heavy atom. The van der Waals surface area contributed by atoms with Gasteiger partial charge in [0.2, 0.25) is 0 Å². The fourth-order valence-electron chi connectivity index (χ4n) is 3.63. The zero-order chi connectivity index (χ0) is 25.5. The van der Waals surface area contributed by atoms with E-state index < -0.39 is 12.0 Å². The highest BCUT2D eigenvalue weighted by atomic mass is 32.1. The first kappa shape index (κ1) is 26.1. The van der Waals surface area contributed by atoms with Gasteiger partial charge in [0.25, 0.3) is 11.8 Å². The maximum absolute atomic E-state index is 13.1. The summed E-state index contributed by atoms with van der Waals surface area (Å²) in [5.74, 6) is -0.939. The number of para-hydroxylation sites is 1. The normalized spacial score (nSPS) is 12.5. The molecule has 3 N–H and O–H groups in total. The maximum atomic E-state index is 13.1. The van der Waals surface area contributed by atoms with Gasteiger partial charge in [-0.05, 0) is 50.5 Å². The molecule has 1 heterocycles. The van der Waals surface area contributed by atoms with Gasteiger partial charge in [0.1, 0.15) is 5.00 Å². The van der Waals surface area contributed by atoms with Crippen LogP contribution in [0.3, 0.4) is 0 Å². The summed E-state index contributed by atoms with van der Waals surface area (Å²) in [6.07, 6.45) is 0. The molecular formula is C27H32N3O4S+. The molecule has 1 unspecified atom stereocenters. The van der Waals surface area contributed by atoms with E-state index in [1.54, 1.807) is 27.0 Å². The summed E-state index contributed by atoms with van der Waals surface area (Å²) >= 11 is 1.32. The van der Waals surface area contributed by atoms with Crippen LogP contribution < -0.4 is 15.5 Å². The van der Waals surface area contributed by atoms with Crippen molar-refractivity contribution >= 4 is 39.8 Å². The van der Waals surface area contributed by atoms with E-state index in [1.807, 2.05) is 62.4 Å². The Hall–Kier alpha value is -3.49. The quantitative estimate of drug-likeness (QED) is 0.396. The molecule has 0 aliphatic rings. The summed E-state index contributed by atoms with van der Waals surface area (Å²) in [5.41, 5.74) is 4.04. The second-order valence-corrected chi connectivity index (χ2v) is 9.54. The van der Waals surface area contributed by atoms with Crippen LogP contribution in [-0.4, -0.2) is 44.0 Å². The van der Waals surface area contributed by atoms with Gasteiger partial charge in [0.05, 0.1) is 19.2 Å². The third-order valence-electron chi connectivity index (χ3n) is 5.84. The van der Waals surface area contributed by atoms with Crippen LogP contribution >= 0.6 is 11.3 Å². The average molecular weight is 495 g/mol. The molecule has 2 atom stereocenters. The van der Waals surface area contributed by atoms with Crippen LogP contribution in [0, 0.1) is 13.8 Å². The summed E-state index contributed by atoms with van der Waals surface area (Å²) in [7, 11) is 1.80. The minimum Gasteiger partial charge on any atom is -0.462 e. The van der Waals surface area contributed by atoms with E-state index in [-0.39, 0.29) is 25.0 Å². The number of nitrogens with one attached hydrogen (secondary N) is 3. The molecule has 0 bridgehead atoms. The number of rotatable bonds is 9. The molecule has 0 radical (unpaired) electrons. The lowest BCUT2D eigenvalue weighted by Gasteiger charge is -2.21. The molecular weight excluding hydrogens is 462 g/mol. The number of quaternary nitrogens is 1. The van der Waals surface area contributed by atoms with Gasteiger partial charge in [-0.15, -0.1) is 11.3 Å². The van der Waals surface area contributed by atoms with Gasteiger partial charge in [-0.25, -0.2) is 4.79 Å². The zero-order valence-corrected chi connectivity index (χ0v) is 21.5. The average Bonchev–Trinajstić information content (AvgIpc) is 3.25. The second kappa shape index (κ2) is 11.8. The van der Waals surface area contributed by atoms with Crippen LogP contribution in [-0.2, 0) is 14.3 Å². The van der Waals surface area contributed by atoms with E-state index in [2.05, 4.69) is 10.6 Å². The summed E-state index contributed by atoms with van der Waals surface area (Å²) in [6.45, 7) is 7.74. The number of thiophene rings is 1. The fraction of sp³-hybridized carbons (Fsp3) is 0.296. The van der Waals surface area contributed by atoms with Crippen LogP contribution in [0.2, 0.25) is 0 Å². The van der Waals surface area contributed by atoms with Crippen molar-refractivity contribution in [1.82, 2.24) is 0 Å². The molecule has 8 heteroatoms. The summed E-state index contributed by atoms with van der Waals surface area (Å²) in [5, 5.41) is 6.29. The zero-order valence-electron chi connectivity index (χ0n) is 20.7. The predicted molar refractivity (Wildman–Crippen MR) is 140 cm³/mol. The Bertz CT molecular complexity index is 1190. The number of amides is 2. The Labute approximate surface area is 210 Å². The predicted octanol–water partition coefficient (Wildman–Crippen LogP) is 3.69. The number of carbonyl (C=O) groups is 3. The van der Waals surface area contributed by atoms with Gasteiger partial charge in [-0.2, -0.15) is 0 Å². The Kier molecular flexibility index (Phi) is 8.78. The fourth-order valence-corrected chi connectivity index (χ4v) is 4.69. The topological polar surface area (TPSA) is 88.9 Å². The summed E-state index contributed by atoms with van der Waals surface area (Å²) in [6, 6.07) is 16.7. The van der Waals surface area contributed by atoms with Crippen LogP contribution in [0.25, 0.3) is 10.4 Å². The number of anilines is 2. The van der Waals surface area contributed by atoms with Gasteiger partial charge in [0, 0.05) is 10.6 Å². The van der Waals surface area contributed by atoms with Crippen molar-refractivity contribution in [2.24, 2.45) is 0 Å². The largest absolute Gasteiger partial charge is 0.462 e. The summed E-state index contributed by atoms with van der Waals surface area (Å²) < 4.78 is 5.19. The SMILES string of the molecule is CCOC(=O)c1cc(-c2ccccc2)sc1NC(=O)[C@H](C)[NH+](C)CC(=O)Nc1c(C)cccc1C. The Balaban J connectivity index is 1.71. The number of aryl methyl sites for hydroxylation is 2. The number of esters is 1. The molecule has 184 valence electrons. The van der Waals surface area contributed by atoms with Crippen LogP contribution in [0.5, 0.6) is 0 Å². The smallest absolute Gasteiger partial charge is 0.341 e. The summed E-state index contributed by atoms with van der Waals surface area (Å²) in [4.78, 5) is 39.9. The number of ether oxygens (including phenoxy) is 1. The van der Waals surface area contributed by atoms with Crippen molar-refractivity contribution in [3.8, 4) is 10.4 Å². The molecule has 2 amide bonds. The van der Waals surface area contributed by atoms with Crippen molar-refractivity contribution in [1.29, 1.82) is 0 Å². The maximum Gasteiger partial charge on any atom is 0.341 e. The molecule has 0 saturated heterocycles. The highest BCUT2D eigenvalue weighted by Gasteiger charge is 2.27. The van der Waals surface area contributed by atoms with Crippen molar-refractivity contribution in [2.45, 2.75) is 33.7 Å². The molecule has 1 aromatic heterocycles. The highest BCUT2D eigenvalue weighted by Crippen LogP contribution is 2.36. The number of benzene rings is 2. The molecule has 0 aliphatic heterocycles. The van der Waals surface area contributed by atoms with E-state index in [9.17, 15) is 14.4 Å². The lowest BCUT2D eigenvalue weighted by Crippen LogP contribution is -3.14. The minimum absolute atomic E-state index is 0.118. The molecule has 2 aromatic carbocycles. The molecule has 3 rings (SSSR count). The molecule has 0 spiro atoms.